The average Bonchev–Trinajstić information content (AvgIpc) is 2.48. The van der Waals surface area contributed by atoms with E-state index in [0.717, 1.165) is 10.5 Å². The van der Waals surface area contributed by atoms with E-state index in [1.807, 2.05) is 44.2 Å². The normalized spacial score (nSPS) is 18.7. The molecule has 1 aromatic rings. The Balaban J connectivity index is 2.50. The van der Waals surface area contributed by atoms with Crippen molar-refractivity contribution >= 4 is 17.7 Å². The first kappa shape index (κ1) is 17.9. The van der Waals surface area contributed by atoms with Crippen molar-refractivity contribution in [1.29, 1.82) is 0 Å². The summed E-state index contributed by atoms with van der Waals surface area (Å²) in [5.41, 5.74) is 0.859. The lowest BCUT2D eigenvalue weighted by molar-refractivity contribution is -0.128. The van der Waals surface area contributed by atoms with Crippen LogP contribution in [-0.2, 0) is 9.53 Å². The monoisotopic (exact) mass is 328 g/mol. The second-order valence-electron chi connectivity index (χ2n) is 7.15. The number of nitrogens with zero attached hydrogens (tertiary/aromatic N) is 2. The Hall–Kier alpha value is -2.43. The van der Waals surface area contributed by atoms with Crippen LogP contribution in [0.3, 0.4) is 0 Å². The smallest absolute Gasteiger partial charge is 0.418 e. The van der Waals surface area contributed by atoms with Crippen LogP contribution < -0.4 is 0 Å². The summed E-state index contributed by atoms with van der Waals surface area (Å²) in [6, 6.07) is 9.01. The van der Waals surface area contributed by atoms with Gasteiger partial charge in [-0.3, -0.25) is 4.79 Å². The number of amides is 2. The summed E-state index contributed by atoms with van der Waals surface area (Å²) in [6.45, 7) is 12.9. The molecule has 0 radical (unpaired) electrons. The van der Waals surface area contributed by atoms with E-state index < -0.39 is 23.6 Å². The first-order chi connectivity index (χ1) is 11.1. The summed E-state index contributed by atoms with van der Waals surface area (Å²) >= 11 is 0. The molecule has 0 fully saturated rings. The van der Waals surface area contributed by atoms with Crippen LogP contribution in [0.15, 0.2) is 47.6 Å². The molecule has 5 heteroatoms. The van der Waals surface area contributed by atoms with Crippen LogP contribution in [0.5, 0.6) is 0 Å². The summed E-state index contributed by atoms with van der Waals surface area (Å²) in [6.07, 6.45) is -0.671. The van der Waals surface area contributed by atoms with Crippen LogP contribution in [0.25, 0.3) is 0 Å². The molecule has 1 aromatic carbocycles. The van der Waals surface area contributed by atoms with Crippen molar-refractivity contribution in [2.75, 3.05) is 0 Å². The molecule has 1 aliphatic heterocycles. The van der Waals surface area contributed by atoms with Gasteiger partial charge in [0.2, 0.25) is 0 Å². The molecular formula is C19H24N2O3. The first-order valence-corrected chi connectivity index (χ1v) is 8.01. The molecular weight excluding hydrogens is 304 g/mol. The second-order valence-corrected chi connectivity index (χ2v) is 7.15. The third kappa shape index (κ3) is 3.72. The van der Waals surface area contributed by atoms with Gasteiger partial charge in [0, 0.05) is 0 Å². The van der Waals surface area contributed by atoms with Gasteiger partial charge in [-0.15, -0.1) is 0 Å². The van der Waals surface area contributed by atoms with Crippen LogP contribution in [-0.4, -0.2) is 34.3 Å². The minimum absolute atomic E-state index is 0.0199. The molecule has 0 aliphatic carbocycles. The molecule has 0 N–H and O–H groups in total. The van der Waals surface area contributed by atoms with Gasteiger partial charge in [0.15, 0.2) is 0 Å². The highest BCUT2D eigenvalue weighted by Crippen LogP contribution is 2.27. The Labute approximate surface area is 143 Å². The lowest BCUT2D eigenvalue weighted by Gasteiger charge is -2.37. The topological polar surface area (TPSA) is 59.0 Å². The Morgan fingerprint density at radius 3 is 2.33 bits per heavy atom. The van der Waals surface area contributed by atoms with E-state index in [-0.39, 0.29) is 11.6 Å². The number of benzene rings is 1. The summed E-state index contributed by atoms with van der Waals surface area (Å²) < 4.78 is 5.43. The molecule has 1 aliphatic rings. The van der Waals surface area contributed by atoms with E-state index in [1.54, 1.807) is 20.8 Å². The number of ether oxygens (including phenoxy) is 1. The predicted molar refractivity (Wildman–Crippen MR) is 93.8 cm³/mol. The Morgan fingerprint density at radius 1 is 1.25 bits per heavy atom. The van der Waals surface area contributed by atoms with Crippen molar-refractivity contribution < 1.29 is 14.3 Å². The standard InChI is InChI=1S/C19H24N2O3/c1-12(2)16-15(14-10-8-7-9-11-14)20-13(3)17(22)21(16)18(23)24-19(4,5)6/h7-12,16H,3H2,1-2,4-6H3. The lowest BCUT2D eigenvalue weighted by atomic mass is 9.91. The maximum absolute atomic E-state index is 12.6. The van der Waals surface area contributed by atoms with Crippen LogP contribution in [0.4, 0.5) is 4.79 Å². The van der Waals surface area contributed by atoms with Gasteiger partial charge in [-0.05, 0) is 32.3 Å². The van der Waals surface area contributed by atoms with Crippen molar-refractivity contribution in [3.63, 3.8) is 0 Å². The molecule has 0 bridgehead atoms. The number of carbonyl (C=O) groups is 2. The third-order valence-corrected chi connectivity index (χ3v) is 3.57. The molecule has 5 nitrogen and oxygen atoms in total. The van der Waals surface area contributed by atoms with Gasteiger partial charge in [0.05, 0.1) is 11.8 Å². The number of carbonyl (C=O) groups excluding carboxylic acids is 2. The van der Waals surface area contributed by atoms with Crippen LogP contribution in [0.2, 0.25) is 0 Å². The summed E-state index contributed by atoms with van der Waals surface area (Å²) in [4.78, 5) is 30.7. The molecule has 0 spiro atoms. The number of aliphatic imine (C=N–C) groups is 1. The van der Waals surface area contributed by atoms with Crippen molar-refractivity contribution in [2.45, 2.75) is 46.3 Å². The fourth-order valence-electron chi connectivity index (χ4n) is 2.61. The average molecular weight is 328 g/mol. The number of rotatable bonds is 2. The number of imide groups is 1. The SMILES string of the molecule is C=C1N=C(c2ccccc2)C(C(C)C)N(C(=O)OC(C)(C)C)C1=O. The molecule has 1 atom stereocenters. The van der Waals surface area contributed by atoms with Gasteiger partial charge in [0.1, 0.15) is 11.3 Å². The lowest BCUT2D eigenvalue weighted by Crippen LogP contribution is -2.55. The summed E-state index contributed by atoms with van der Waals surface area (Å²) in [7, 11) is 0. The maximum Gasteiger partial charge on any atom is 0.418 e. The Bertz CT molecular complexity index is 684. The number of hydrogen-bond acceptors (Lipinski definition) is 4. The highest BCUT2D eigenvalue weighted by atomic mass is 16.6. The molecule has 2 rings (SSSR count). The van der Waals surface area contributed by atoms with Crippen molar-refractivity contribution in [1.82, 2.24) is 4.90 Å². The second kappa shape index (κ2) is 6.59. The fourth-order valence-corrected chi connectivity index (χ4v) is 2.61. The molecule has 2 amide bonds. The van der Waals surface area contributed by atoms with Gasteiger partial charge < -0.3 is 4.74 Å². The van der Waals surface area contributed by atoms with Gasteiger partial charge in [-0.1, -0.05) is 50.8 Å². The summed E-state index contributed by atoms with van der Waals surface area (Å²) in [5.74, 6) is -0.531. The van der Waals surface area contributed by atoms with Crippen LogP contribution in [0.1, 0.15) is 40.2 Å². The zero-order valence-corrected chi connectivity index (χ0v) is 14.9. The maximum atomic E-state index is 12.6. The highest BCUT2D eigenvalue weighted by Gasteiger charge is 2.42. The minimum Gasteiger partial charge on any atom is -0.443 e. The minimum atomic E-state index is -0.693. The first-order valence-electron chi connectivity index (χ1n) is 8.01. The zero-order chi connectivity index (χ0) is 18.1. The Kier molecular flexibility index (Phi) is 4.92. The van der Waals surface area contributed by atoms with Gasteiger partial charge >= 0.3 is 6.09 Å². The highest BCUT2D eigenvalue weighted by molar-refractivity contribution is 6.16. The van der Waals surface area contributed by atoms with E-state index in [2.05, 4.69) is 11.6 Å². The van der Waals surface area contributed by atoms with Crippen molar-refractivity contribution in [3.05, 3.63) is 48.2 Å². The molecule has 1 heterocycles. The van der Waals surface area contributed by atoms with Crippen molar-refractivity contribution in [3.8, 4) is 0 Å². The number of hydrogen-bond donors (Lipinski definition) is 0. The van der Waals surface area contributed by atoms with Crippen LogP contribution in [0, 0.1) is 5.92 Å². The van der Waals surface area contributed by atoms with E-state index >= 15 is 0 Å². The quantitative estimate of drug-likeness (QED) is 0.776. The van der Waals surface area contributed by atoms with E-state index in [1.165, 1.54) is 0 Å². The Morgan fingerprint density at radius 2 is 1.83 bits per heavy atom. The van der Waals surface area contributed by atoms with Gasteiger partial charge in [-0.2, -0.15) is 0 Å². The van der Waals surface area contributed by atoms with Crippen LogP contribution >= 0.6 is 0 Å². The molecule has 1 unspecified atom stereocenters. The molecule has 0 aromatic heterocycles. The van der Waals surface area contributed by atoms with E-state index in [4.69, 9.17) is 4.74 Å². The predicted octanol–water partition coefficient (Wildman–Crippen LogP) is 3.79. The largest absolute Gasteiger partial charge is 0.443 e. The third-order valence-electron chi connectivity index (χ3n) is 3.57. The van der Waals surface area contributed by atoms with Gasteiger partial charge in [-0.25, -0.2) is 14.7 Å². The molecule has 128 valence electrons. The molecule has 0 saturated heterocycles. The van der Waals surface area contributed by atoms with Gasteiger partial charge in [0.25, 0.3) is 5.91 Å². The molecule has 0 saturated carbocycles. The fraction of sp³-hybridized carbons (Fsp3) is 0.421. The molecule has 24 heavy (non-hydrogen) atoms. The van der Waals surface area contributed by atoms with E-state index in [0.29, 0.717) is 5.71 Å². The summed E-state index contributed by atoms with van der Waals surface area (Å²) in [5, 5.41) is 0. The zero-order valence-electron chi connectivity index (χ0n) is 14.9. The van der Waals surface area contributed by atoms with E-state index in [9.17, 15) is 9.59 Å². The van der Waals surface area contributed by atoms with Crippen molar-refractivity contribution in [2.24, 2.45) is 10.9 Å².